The molecule has 0 spiro atoms. The third-order valence-electron chi connectivity index (χ3n) is 4.19. The summed E-state index contributed by atoms with van der Waals surface area (Å²) in [6.07, 6.45) is 2.03. The minimum absolute atomic E-state index is 0.0410. The van der Waals surface area contributed by atoms with E-state index in [-0.39, 0.29) is 17.6 Å². The molecule has 1 aliphatic rings. The van der Waals surface area contributed by atoms with Crippen LogP contribution in [0.4, 0.5) is 5.69 Å². The lowest BCUT2D eigenvalue weighted by Gasteiger charge is -2.22. The first kappa shape index (κ1) is 15.9. The van der Waals surface area contributed by atoms with Gasteiger partial charge in [-0.15, -0.1) is 0 Å². The number of hydrogen-bond donors (Lipinski definition) is 0. The molecule has 0 bridgehead atoms. The van der Waals surface area contributed by atoms with Crippen LogP contribution in [0.25, 0.3) is 0 Å². The van der Waals surface area contributed by atoms with Gasteiger partial charge >= 0.3 is 0 Å². The van der Waals surface area contributed by atoms with E-state index < -0.39 is 11.0 Å². The number of nitro benzene ring substituents is 1. The third kappa shape index (κ3) is 3.17. The predicted octanol–water partition coefficient (Wildman–Crippen LogP) is 3.14. The molecule has 0 N–H and O–H groups in total. The van der Waals surface area contributed by atoms with Crippen molar-refractivity contribution in [3.63, 3.8) is 0 Å². The van der Waals surface area contributed by atoms with Gasteiger partial charge in [0.25, 0.3) is 11.6 Å². The van der Waals surface area contributed by atoms with E-state index in [4.69, 9.17) is 0 Å². The van der Waals surface area contributed by atoms with Crippen LogP contribution in [0, 0.1) is 10.1 Å². The van der Waals surface area contributed by atoms with Gasteiger partial charge in [0.2, 0.25) is 0 Å². The second kappa shape index (κ2) is 6.62. The van der Waals surface area contributed by atoms with Crippen molar-refractivity contribution in [2.75, 3.05) is 0 Å². The Labute approximate surface area is 139 Å². The van der Waals surface area contributed by atoms with Gasteiger partial charge in [0.1, 0.15) is 6.04 Å². The Bertz CT molecular complexity index is 772. The van der Waals surface area contributed by atoms with Gasteiger partial charge in [-0.3, -0.25) is 24.8 Å². The van der Waals surface area contributed by atoms with Crippen molar-refractivity contribution in [1.29, 1.82) is 0 Å². The number of non-ortho nitro benzene ring substituents is 1. The predicted molar refractivity (Wildman–Crippen MR) is 90.8 cm³/mol. The Hall–Kier alpha value is -3.02. The largest absolute Gasteiger partial charge is 0.294 e. The highest BCUT2D eigenvalue weighted by molar-refractivity contribution is 5.97. The van der Waals surface area contributed by atoms with Gasteiger partial charge in [-0.1, -0.05) is 42.5 Å². The van der Waals surface area contributed by atoms with Gasteiger partial charge in [0.05, 0.1) is 17.3 Å². The Morgan fingerprint density at radius 3 is 2.46 bits per heavy atom. The molecule has 1 heterocycles. The van der Waals surface area contributed by atoms with E-state index in [1.807, 2.05) is 37.3 Å². The number of nitro groups is 1. The number of benzene rings is 2. The maximum absolute atomic E-state index is 12.6. The minimum Gasteiger partial charge on any atom is -0.294 e. The van der Waals surface area contributed by atoms with Gasteiger partial charge in [-0.05, 0) is 18.1 Å². The van der Waals surface area contributed by atoms with Crippen molar-refractivity contribution in [1.82, 2.24) is 4.90 Å². The van der Waals surface area contributed by atoms with Crippen molar-refractivity contribution in [3.05, 3.63) is 75.8 Å². The monoisotopic (exact) mass is 323 g/mol. The Morgan fingerprint density at radius 1 is 1.17 bits per heavy atom. The SMILES string of the molecule is CC(c1ccccc1)N1C=NC(Cc2ccc([N+](=O)[O-])cc2)C1=O. The second-order valence-electron chi connectivity index (χ2n) is 5.74. The number of rotatable bonds is 5. The molecule has 1 amide bonds. The summed E-state index contributed by atoms with van der Waals surface area (Å²) in [5.41, 5.74) is 1.94. The van der Waals surface area contributed by atoms with Crippen molar-refractivity contribution in [3.8, 4) is 0 Å². The maximum atomic E-state index is 12.6. The van der Waals surface area contributed by atoms with Crippen molar-refractivity contribution >= 4 is 17.9 Å². The zero-order valence-corrected chi connectivity index (χ0v) is 13.2. The summed E-state index contributed by atoms with van der Waals surface area (Å²) in [6, 6.07) is 15.5. The topological polar surface area (TPSA) is 75.8 Å². The second-order valence-corrected chi connectivity index (χ2v) is 5.74. The van der Waals surface area contributed by atoms with Gasteiger partial charge in [-0.2, -0.15) is 0 Å². The van der Waals surface area contributed by atoms with Crippen LogP contribution in [0.1, 0.15) is 24.1 Å². The van der Waals surface area contributed by atoms with Crippen LogP contribution in [0.3, 0.4) is 0 Å². The van der Waals surface area contributed by atoms with Gasteiger partial charge < -0.3 is 0 Å². The van der Waals surface area contributed by atoms with Crippen molar-refractivity contribution in [2.24, 2.45) is 4.99 Å². The molecule has 6 nitrogen and oxygen atoms in total. The first-order valence-corrected chi connectivity index (χ1v) is 7.70. The number of carbonyl (C=O) groups is 1. The molecule has 0 fully saturated rings. The fourth-order valence-electron chi connectivity index (χ4n) is 2.75. The molecule has 2 aromatic carbocycles. The minimum atomic E-state index is -0.474. The lowest BCUT2D eigenvalue weighted by Crippen LogP contribution is -2.34. The molecule has 3 rings (SSSR count). The van der Waals surface area contributed by atoms with Crippen LogP contribution in [-0.4, -0.2) is 28.1 Å². The molecule has 24 heavy (non-hydrogen) atoms. The normalized spacial score (nSPS) is 18.0. The highest BCUT2D eigenvalue weighted by atomic mass is 16.6. The lowest BCUT2D eigenvalue weighted by molar-refractivity contribution is -0.384. The highest BCUT2D eigenvalue weighted by Crippen LogP contribution is 2.24. The zero-order valence-electron chi connectivity index (χ0n) is 13.2. The molecule has 2 aromatic rings. The number of aliphatic imine (C=N–C) groups is 1. The van der Waals surface area contributed by atoms with E-state index in [2.05, 4.69) is 4.99 Å². The van der Waals surface area contributed by atoms with Gasteiger partial charge in [0, 0.05) is 18.6 Å². The summed E-state index contributed by atoms with van der Waals surface area (Å²) >= 11 is 0. The molecule has 0 saturated heterocycles. The molecule has 2 unspecified atom stereocenters. The number of hydrogen-bond acceptors (Lipinski definition) is 4. The molecule has 1 aliphatic heterocycles. The summed E-state index contributed by atoms with van der Waals surface area (Å²) in [4.78, 5) is 28.8. The van der Waals surface area contributed by atoms with E-state index in [0.717, 1.165) is 11.1 Å². The number of amides is 1. The summed E-state index contributed by atoms with van der Waals surface area (Å²) in [5, 5.41) is 10.7. The summed E-state index contributed by atoms with van der Waals surface area (Å²) in [6.45, 7) is 1.97. The molecule has 0 radical (unpaired) electrons. The summed E-state index contributed by atoms with van der Waals surface area (Å²) in [5.74, 6) is -0.0512. The average Bonchev–Trinajstić information content (AvgIpc) is 2.96. The van der Waals surface area contributed by atoms with Crippen LogP contribution in [0.2, 0.25) is 0 Å². The number of nitrogens with zero attached hydrogens (tertiary/aromatic N) is 3. The fraction of sp³-hybridized carbons (Fsp3) is 0.222. The van der Waals surface area contributed by atoms with Crippen molar-refractivity contribution in [2.45, 2.75) is 25.4 Å². The third-order valence-corrected chi connectivity index (χ3v) is 4.19. The summed E-state index contributed by atoms with van der Waals surface area (Å²) in [7, 11) is 0. The molecule has 122 valence electrons. The first-order valence-electron chi connectivity index (χ1n) is 7.70. The van der Waals surface area contributed by atoms with Crippen LogP contribution < -0.4 is 0 Å². The molecular weight excluding hydrogens is 306 g/mol. The quantitative estimate of drug-likeness (QED) is 0.626. The van der Waals surface area contributed by atoms with Crippen LogP contribution in [0.15, 0.2) is 59.6 Å². The zero-order chi connectivity index (χ0) is 17.1. The van der Waals surface area contributed by atoms with Gasteiger partial charge in [-0.25, -0.2) is 0 Å². The van der Waals surface area contributed by atoms with E-state index in [1.54, 1.807) is 23.4 Å². The van der Waals surface area contributed by atoms with Crippen LogP contribution in [0.5, 0.6) is 0 Å². The van der Waals surface area contributed by atoms with Gasteiger partial charge in [0.15, 0.2) is 0 Å². The first-order chi connectivity index (χ1) is 11.6. The van der Waals surface area contributed by atoms with Crippen LogP contribution in [-0.2, 0) is 11.2 Å². The smallest absolute Gasteiger partial charge is 0.269 e. The molecule has 2 atom stereocenters. The van der Waals surface area contributed by atoms with E-state index in [0.29, 0.717) is 6.42 Å². The van der Waals surface area contributed by atoms with E-state index >= 15 is 0 Å². The van der Waals surface area contributed by atoms with E-state index in [9.17, 15) is 14.9 Å². The van der Waals surface area contributed by atoms with E-state index in [1.165, 1.54) is 12.1 Å². The molecule has 0 aliphatic carbocycles. The highest BCUT2D eigenvalue weighted by Gasteiger charge is 2.31. The van der Waals surface area contributed by atoms with Crippen LogP contribution >= 0.6 is 0 Å². The molecular formula is C18H17N3O3. The Balaban J connectivity index is 1.68. The molecule has 0 aromatic heterocycles. The maximum Gasteiger partial charge on any atom is 0.269 e. The van der Waals surface area contributed by atoms with Crippen molar-refractivity contribution < 1.29 is 9.72 Å². The summed E-state index contributed by atoms with van der Waals surface area (Å²) < 4.78 is 0. The lowest BCUT2D eigenvalue weighted by atomic mass is 10.0. The number of carbonyl (C=O) groups excluding carboxylic acids is 1. The average molecular weight is 323 g/mol. The molecule has 6 heteroatoms. The Morgan fingerprint density at radius 2 is 1.83 bits per heavy atom. The fourth-order valence-corrected chi connectivity index (χ4v) is 2.75. The Kier molecular flexibility index (Phi) is 4.37. The standard InChI is InChI=1S/C18H17N3O3/c1-13(15-5-3-2-4-6-15)20-12-19-17(18(20)22)11-14-7-9-16(10-8-14)21(23)24/h2-10,12-13,17H,11H2,1H3. The molecule has 0 saturated carbocycles.